The highest BCUT2D eigenvalue weighted by Crippen LogP contribution is 2.21. The second-order valence-electron chi connectivity index (χ2n) is 6.43. The van der Waals surface area contributed by atoms with Gasteiger partial charge in [0, 0.05) is 18.2 Å². The maximum absolute atomic E-state index is 14.2. The highest BCUT2D eigenvalue weighted by Gasteiger charge is 2.21. The summed E-state index contributed by atoms with van der Waals surface area (Å²) in [5.74, 6) is 0.165. The number of nitrogens with zero attached hydrogens (tertiary/aromatic N) is 3. The van der Waals surface area contributed by atoms with Crippen LogP contribution in [0.4, 0.5) is 10.1 Å². The number of nitrogens with two attached hydrogens (primary N) is 1. The number of hydrogen-bond acceptors (Lipinski definition) is 5. The lowest BCUT2D eigenvalue weighted by atomic mass is 10.2. The van der Waals surface area contributed by atoms with E-state index in [0.717, 1.165) is 0 Å². The van der Waals surface area contributed by atoms with Crippen LogP contribution in [0.15, 0.2) is 48.5 Å². The second kappa shape index (κ2) is 9.99. The Morgan fingerprint density at radius 2 is 1.90 bits per heavy atom. The molecule has 0 radical (unpaired) electrons. The summed E-state index contributed by atoms with van der Waals surface area (Å²) in [6, 6.07) is 13.1. The molecule has 0 fully saturated rings. The van der Waals surface area contributed by atoms with Gasteiger partial charge in [0.25, 0.3) is 5.91 Å². The van der Waals surface area contributed by atoms with Crippen molar-refractivity contribution in [1.82, 2.24) is 14.8 Å². The standard InChI is InChI=1S/C20H22FN5O2.ClH/c1-13(2)19-24-18(25-26(19)17-6-4-3-5-16(17)21)20(27)23-14-7-9-15(10-8-14)28-12-11-22;/h3-10,13H,11-12,22H2,1-2H3,(H,23,27);1H. The molecule has 29 heavy (non-hydrogen) atoms. The molecule has 0 unspecified atom stereocenters. The van der Waals surface area contributed by atoms with Crippen LogP contribution in [0, 0.1) is 5.82 Å². The van der Waals surface area contributed by atoms with Crippen LogP contribution in [0.25, 0.3) is 5.69 Å². The van der Waals surface area contributed by atoms with Crippen molar-refractivity contribution in [3.05, 3.63) is 66.0 Å². The van der Waals surface area contributed by atoms with Gasteiger partial charge >= 0.3 is 0 Å². The molecule has 3 N–H and O–H groups in total. The minimum Gasteiger partial charge on any atom is -0.492 e. The van der Waals surface area contributed by atoms with Gasteiger partial charge in [-0.15, -0.1) is 17.5 Å². The summed E-state index contributed by atoms with van der Waals surface area (Å²) in [6.45, 7) is 4.65. The minimum atomic E-state index is -0.479. The number of anilines is 1. The Morgan fingerprint density at radius 3 is 2.52 bits per heavy atom. The number of nitrogens with one attached hydrogen (secondary N) is 1. The van der Waals surface area contributed by atoms with Gasteiger partial charge in [0.2, 0.25) is 5.82 Å². The van der Waals surface area contributed by atoms with E-state index in [1.54, 1.807) is 42.5 Å². The normalized spacial score (nSPS) is 10.5. The van der Waals surface area contributed by atoms with Crippen molar-refractivity contribution in [3.8, 4) is 11.4 Å². The Kier molecular flexibility index (Phi) is 7.69. The predicted molar refractivity (Wildman–Crippen MR) is 112 cm³/mol. The third-order valence-corrected chi connectivity index (χ3v) is 3.93. The number of carbonyl (C=O) groups excluding carboxylic acids is 1. The molecule has 3 aromatic rings. The molecule has 2 aromatic carbocycles. The Balaban J connectivity index is 0.00000300. The van der Waals surface area contributed by atoms with Crippen LogP contribution in [0.1, 0.15) is 36.2 Å². The van der Waals surface area contributed by atoms with Crippen LogP contribution in [-0.4, -0.2) is 33.8 Å². The summed E-state index contributed by atoms with van der Waals surface area (Å²) in [4.78, 5) is 16.9. The van der Waals surface area contributed by atoms with Crippen molar-refractivity contribution in [1.29, 1.82) is 0 Å². The first-order valence-electron chi connectivity index (χ1n) is 8.95. The summed E-state index contributed by atoms with van der Waals surface area (Å²) >= 11 is 0. The largest absolute Gasteiger partial charge is 0.492 e. The molecule has 1 heterocycles. The van der Waals surface area contributed by atoms with E-state index in [1.165, 1.54) is 10.7 Å². The molecule has 0 aliphatic heterocycles. The number of para-hydroxylation sites is 1. The van der Waals surface area contributed by atoms with E-state index < -0.39 is 11.7 Å². The molecule has 0 saturated heterocycles. The average molecular weight is 420 g/mol. The van der Waals surface area contributed by atoms with Gasteiger partial charge in [-0.05, 0) is 36.4 Å². The molecule has 1 aromatic heterocycles. The first-order valence-corrected chi connectivity index (χ1v) is 8.95. The number of carbonyl (C=O) groups is 1. The number of hydrogen-bond donors (Lipinski definition) is 2. The van der Waals surface area contributed by atoms with E-state index in [2.05, 4.69) is 15.4 Å². The van der Waals surface area contributed by atoms with Gasteiger partial charge < -0.3 is 15.8 Å². The van der Waals surface area contributed by atoms with E-state index in [9.17, 15) is 9.18 Å². The van der Waals surface area contributed by atoms with E-state index >= 15 is 0 Å². The lowest BCUT2D eigenvalue weighted by molar-refractivity contribution is 0.101. The topological polar surface area (TPSA) is 95.1 Å². The summed E-state index contributed by atoms with van der Waals surface area (Å²) in [5, 5.41) is 6.97. The third-order valence-electron chi connectivity index (χ3n) is 3.93. The van der Waals surface area contributed by atoms with E-state index in [1.807, 2.05) is 13.8 Å². The van der Waals surface area contributed by atoms with Gasteiger partial charge in [-0.25, -0.2) is 14.1 Å². The zero-order chi connectivity index (χ0) is 20.1. The Hall–Kier alpha value is -2.97. The molecule has 9 heteroatoms. The van der Waals surface area contributed by atoms with Crippen molar-refractivity contribution in [2.75, 3.05) is 18.5 Å². The van der Waals surface area contributed by atoms with E-state index in [0.29, 0.717) is 30.4 Å². The monoisotopic (exact) mass is 419 g/mol. The van der Waals surface area contributed by atoms with Gasteiger partial charge in [-0.1, -0.05) is 26.0 Å². The first kappa shape index (κ1) is 22.3. The molecule has 0 aliphatic rings. The van der Waals surface area contributed by atoms with Gasteiger partial charge in [0.15, 0.2) is 0 Å². The number of aromatic nitrogens is 3. The first-order chi connectivity index (χ1) is 13.5. The summed E-state index contributed by atoms with van der Waals surface area (Å²) in [5.41, 5.74) is 6.22. The summed E-state index contributed by atoms with van der Waals surface area (Å²) in [6.07, 6.45) is 0. The average Bonchev–Trinajstić information content (AvgIpc) is 3.13. The number of benzene rings is 2. The van der Waals surface area contributed by atoms with Crippen molar-refractivity contribution >= 4 is 24.0 Å². The molecule has 154 valence electrons. The SMILES string of the molecule is CC(C)c1nc(C(=O)Nc2ccc(OCCN)cc2)nn1-c1ccccc1F.Cl. The predicted octanol–water partition coefficient (Wildman–Crippen LogP) is 3.54. The van der Waals surface area contributed by atoms with Crippen LogP contribution in [-0.2, 0) is 0 Å². The maximum Gasteiger partial charge on any atom is 0.295 e. The summed E-state index contributed by atoms with van der Waals surface area (Å²) < 4.78 is 21.0. The number of ether oxygens (including phenoxy) is 1. The number of amides is 1. The molecule has 7 nitrogen and oxygen atoms in total. The van der Waals surface area contributed by atoms with Gasteiger partial charge in [0.05, 0.1) is 0 Å². The molecule has 0 bridgehead atoms. The number of halogens is 2. The molecular weight excluding hydrogens is 397 g/mol. The van der Waals surface area contributed by atoms with Crippen LogP contribution >= 0.6 is 12.4 Å². The molecule has 1 amide bonds. The lowest BCUT2D eigenvalue weighted by Crippen LogP contribution is -2.14. The second-order valence-corrected chi connectivity index (χ2v) is 6.43. The Labute approximate surface area is 174 Å². The summed E-state index contributed by atoms with van der Waals surface area (Å²) in [7, 11) is 0. The van der Waals surface area contributed by atoms with Crippen molar-refractivity contribution in [3.63, 3.8) is 0 Å². The Bertz CT molecular complexity index is 960. The van der Waals surface area contributed by atoms with Crippen molar-refractivity contribution in [2.24, 2.45) is 5.73 Å². The fourth-order valence-corrected chi connectivity index (χ4v) is 2.59. The zero-order valence-electron chi connectivity index (χ0n) is 16.1. The highest BCUT2D eigenvalue weighted by atomic mass is 35.5. The van der Waals surface area contributed by atoms with Crippen molar-refractivity contribution < 1.29 is 13.9 Å². The Morgan fingerprint density at radius 1 is 1.21 bits per heavy atom. The zero-order valence-corrected chi connectivity index (χ0v) is 16.9. The number of rotatable bonds is 7. The van der Waals surface area contributed by atoms with Gasteiger partial charge in [0.1, 0.15) is 29.7 Å². The smallest absolute Gasteiger partial charge is 0.295 e. The van der Waals surface area contributed by atoms with Gasteiger partial charge in [-0.3, -0.25) is 4.79 Å². The molecule has 0 aliphatic carbocycles. The van der Waals surface area contributed by atoms with Crippen LogP contribution in [0.3, 0.4) is 0 Å². The fourth-order valence-electron chi connectivity index (χ4n) is 2.59. The minimum absolute atomic E-state index is 0. The van der Waals surface area contributed by atoms with Crippen LogP contribution < -0.4 is 15.8 Å². The van der Waals surface area contributed by atoms with E-state index in [4.69, 9.17) is 10.5 Å². The van der Waals surface area contributed by atoms with Crippen LogP contribution in [0.2, 0.25) is 0 Å². The highest BCUT2D eigenvalue weighted by molar-refractivity contribution is 6.01. The molecule has 0 spiro atoms. The van der Waals surface area contributed by atoms with Crippen LogP contribution in [0.5, 0.6) is 5.75 Å². The molecular formula is C20H23ClFN5O2. The van der Waals surface area contributed by atoms with Gasteiger partial charge in [-0.2, -0.15) is 0 Å². The maximum atomic E-state index is 14.2. The quantitative estimate of drug-likeness (QED) is 0.610. The molecule has 0 atom stereocenters. The van der Waals surface area contributed by atoms with E-state index in [-0.39, 0.29) is 29.8 Å². The lowest BCUT2D eigenvalue weighted by Gasteiger charge is -2.08. The molecule has 3 rings (SSSR count). The third kappa shape index (κ3) is 5.30. The van der Waals surface area contributed by atoms with Crippen molar-refractivity contribution in [2.45, 2.75) is 19.8 Å². The molecule has 0 saturated carbocycles. The fraction of sp³-hybridized carbons (Fsp3) is 0.250.